The van der Waals surface area contributed by atoms with Crippen molar-refractivity contribution in [3.8, 4) is 0 Å². The average Bonchev–Trinajstić information content (AvgIpc) is 2.59. The minimum Gasteiger partial charge on any atom is -0.347 e. The van der Waals surface area contributed by atoms with E-state index in [1.807, 2.05) is 38.3 Å². The highest BCUT2D eigenvalue weighted by atomic mass is 15.3. The fourth-order valence-corrected chi connectivity index (χ4v) is 1.31. The Morgan fingerprint density at radius 2 is 2.33 bits per heavy atom. The molecular weight excluding hydrogens is 188 g/mol. The van der Waals surface area contributed by atoms with Crippen molar-refractivity contribution in [1.82, 2.24) is 14.6 Å². The highest BCUT2D eigenvalue weighted by molar-refractivity contribution is 5.44. The Kier molecular flexibility index (Phi) is 2.41. The number of fused-ring (bicyclic) bond motifs is 1. The molecule has 0 spiro atoms. The molecule has 0 aliphatic carbocycles. The first-order valence-corrected chi connectivity index (χ1v) is 4.91. The van der Waals surface area contributed by atoms with Crippen LogP contribution < -0.4 is 5.32 Å². The third-order valence-corrected chi connectivity index (χ3v) is 2.19. The summed E-state index contributed by atoms with van der Waals surface area (Å²) in [5.41, 5.74) is 2.01. The van der Waals surface area contributed by atoms with Crippen LogP contribution in [0.4, 0.5) is 5.95 Å². The molecule has 0 amide bonds. The third kappa shape index (κ3) is 1.98. The molecule has 0 saturated heterocycles. The van der Waals surface area contributed by atoms with Crippen LogP contribution in [0.25, 0.3) is 5.65 Å². The van der Waals surface area contributed by atoms with E-state index in [0.717, 1.165) is 11.2 Å². The first kappa shape index (κ1) is 9.71. The Labute approximate surface area is 88.6 Å². The lowest BCUT2D eigenvalue weighted by Crippen LogP contribution is -2.12. The van der Waals surface area contributed by atoms with Crippen molar-refractivity contribution in [1.29, 1.82) is 0 Å². The molecular formula is C11H14N4. The fourth-order valence-electron chi connectivity index (χ4n) is 1.31. The van der Waals surface area contributed by atoms with Crippen LogP contribution in [0, 0.1) is 6.92 Å². The normalized spacial score (nSPS) is 12.7. The standard InChI is InChI=1S/C11H14N4/c1-4-9(3)12-11-13-10-6-5-8(2)7-15(10)14-11/h4-7,9H,1H2,2-3H3,(H,12,14). The van der Waals surface area contributed by atoms with Gasteiger partial charge in [0, 0.05) is 12.2 Å². The van der Waals surface area contributed by atoms with E-state index in [1.54, 1.807) is 4.52 Å². The molecule has 0 fully saturated rings. The van der Waals surface area contributed by atoms with E-state index < -0.39 is 0 Å². The molecule has 0 aliphatic rings. The molecule has 1 atom stereocenters. The van der Waals surface area contributed by atoms with E-state index in [9.17, 15) is 0 Å². The Balaban J connectivity index is 2.34. The van der Waals surface area contributed by atoms with Crippen LogP contribution in [0.2, 0.25) is 0 Å². The molecule has 2 aromatic heterocycles. The van der Waals surface area contributed by atoms with Crippen LogP contribution in [0.1, 0.15) is 12.5 Å². The van der Waals surface area contributed by atoms with Gasteiger partial charge in [0.15, 0.2) is 5.65 Å². The van der Waals surface area contributed by atoms with E-state index in [1.165, 1.54) is 0 Å². The van der Waals surface area contributed by atoms with Gasteiger partial charge in [-0.15, -0.1) is 11.7 Å². The highest BCUT2D eigenvalue weighted by Gasteiger charge is 2.04. The topological polar surface area (TPSA) is 42.2 Å². The maximum atomic E-state index is 4.33. The number of anilines is 1. The molecule has 78 valence electrons. The number of rotatable bonds is 3. The van der Waals surface area contributed by atoms with Gasteiger partial charge in [0.2, 0.25) is 5.95 Å². The fraction of sp³-hybridized carbons (Fsp3) is 0.273. The van der Waals surface area contributed by atoms with Gasteiger partial charge < -0.3 is 5.32 Å². The van der Waals surface area contributed by atoms with Gasteiger partial charge in [-0.05, 0) is 25.5 Å². The van der Waals surface area contributed by atoms with Crippen molar-refractivity contribution in [3.63, 3.8) is 0 Å². The van der Waals surface area contributed by atoms with E-state index in [2.05, 4.69) is 22.0 Å². The number of nitrogens with zero attached hydrogens (tertiary/aromatic N) is 3. The lowest BCUT2D eigenvalue weighted by molar-refractivity contribution is 0.917. The highest BCUT2D eigenvalue weighted by Crippen LogP contribution is 2.07. The second-order valence-electron chi connectivity index (χ2n) is 3.61. The molecule has 0 saturated carbocycles. The van der Waals surface area contributed by atoms with Crippen molar-refractivity contribution in [3.05, 3.63) is 36.5 Å². The van der Waals surface area contributed by atoms with Crippen LogP contribution in [-0.4, -0.2) is 20.6 Å². The Hall–Kier alpha value is -1.84. The Morgan fingerprint density at radius 3 is 3.07 bits per heavy atom. The van der Waals surface area contributed by atoms with Gasteiger partial charge in [0.25, 0.3) is 0 Å². The third-order valence-electron chi connectivity index (χ3n) is 2.19. The van der Waals surface area contributed by atoms with Gasteiger partial charge in [-0.2, -0.15) is 4.98 Å². The van der Waals surface area contributed by atoms with Crippen LogP contribution in [0.5, 0.6) is 0 Å². The van der Waals surface area contributed by atoms with Gasteiger partial charge in [0.05, 0.1) is 0 Å². The molecule has 15 heavy (non-hydrogen) atoms. The summed E-state index contributed by atoms with van der Waals surface area (Å²) in [6, 6.07) is 4.14. The molecule has 0 bridgehead atoms. The smallest absolute Gasteiger partial charge is 0.243 e. The minimum atomic E-state index is 0.170. The Morgan fingerprint density at radius 1 is 1.53 bits per heavy atom. The second kappa shape index (κ2) is 3.73. The van der Waals surface area contributed by atoms with E-state index in [-0.39, 0.29) is 6.04 Å². The zero-order valence-corrected chi connectivity index (χ0v) is 8.94. The lowest BCUT2D eigenvalue weighted by atomic mass is 10.3. The van der Waals surface area contributed by atoms with Crippen LogP contribution >= 0.6 is 0 Å². The predicted molar refractivity (Wildman–Crippen MR) is 61.0 cm³/mol. The summed E-state index contributed by atoms with van der Waals surface area (Å²) in [5.74, 6) is 0.632. The van der Waals surface area contributed by atoms with Gasteiger partial charge in [-0.1, -0.05) is 12.1 Å². The maximum absolute atomic E-state index is 4.33. The predicted octanol–water partition coefficient (Wildman–Crippen LogP) is 2.02. The SMILES string of the molecule is C=CC(C)Nc1nc2ccc(C)cn2n1. The minimum absolute atomic E-state index is 0.170. The molecule has 2 heterocycles. The summed E-state index contributed by atoms with van der Waals surface area (Å²) in [4.78, 5) is 4.33. The van der Waals surface area contributed by atoms with Gasteiger partial charge >= 0.3 is 0 Å². The van der Waals surface area contributed by atoms with Gasteiger partial charge in [-0.25, -0.2) is 4.52 Å². The average molecular weight is 202 g/mol. The molecule has 4 heteroatoms. The largest absolute Gasteiger partial charge is 0.347 e. The molecule has 0 aromatic carbocycles. The Bertz CT molecular complexity index is 486. The zero-order chi connectivity index (χ0) is 10.8. The maximum Gasteiger partial charge on any atom is 0.243 e. The quantitative estimate of drug-likeness (QED) is 0.774. The van der Waals surface area contributed by atoms with Crippen molar-refractivity contribution < 1.29 is 0 Å². The molecule has 0 radical (unpaired) electrons. The summed E-state index contributed by atoms with van der Waals surface area (Å²) in [6.07, 6.45) is 3.77. The van der Waals surface area contributed by atoms with Crippen molar-refractivity contribution in [2.75, 3.05) is 5.32 Å². The van der Waals surface area contributed by atoms with E-state index in [0.29, 0.717) is 5.95 Å². The number of hydrogen-bond acceptors (Lipinski definition) is 3. The van der Waals surface area contributed by atoms with Gasteiger partial charge in [-0.3, -0.25) is 0 Å². The number of aromatic nitrogens is 3. The molecule has 2 aromatic rings. The summed E-state index contributed by atoms with van der Waals surface area (Å²) < 4.78 is 1.77. The molecule has 2 rings (SSSR count). The van der Waals surface area contributed by atoms with Crippen LogP contribution in [-0.2, 0) is 0 Å². The van der Waals surface area contributed by atoms with Crippen LogP contribution in [0.15, 0.2) is 31.0 Å². The van der Waals surface area contributed by atoms with Crippen LogP contribution in [0.3, 0.4) is 0 Å². The second-order valence-corrected chi connectivity index (χ2v) is 3.61. The van der Waals surface area contributed by atoms with Gasteiger partial charge in [0.1, 0.15) is 0 Å². The first-order valence-electron chi connectivity index (χ1n) is 4.91. The number of hydrogen-bond donors (Lipinski definition) is 1. The van der Waals surface area contributed by atoms with Crippen molar-refractivity contribution in [2.45, 2.75) is 19.9 Å². The molecule has 0 aliphatic heterocycles. The summed E-state index contributed by atoms with van der Waals surface area (Å²) in [6.45, 7) is 7.73. The monoisotopic (exact) mass is 202 g/mol. The zero-order valence-electron chi connectivity index (χ0n) is 8.94. The van der Waals surface area contributed by atoms with Crippen molar-refractivity contribution in [2.24, 2.45) is 0 Å². The number of nitrogens with one attached hydrogen (secondary N) is 1. The number of pyridine rings is 1. The van der Waals surface area contributed by atoms with E-state index >= 15 is 0 Å². The summed E-state index contributed by atoms with van der Waals surface area (Å²) in [7, 11) is 0. The molecule has 4 nitrogen and oxygen atoms in total. The molecule has 1 unspecified atom stereocenters. The van der Waals surface area contributed by atoms with Crippen molar-refractivity contribution >= 4 is 11.6 Å². The summed E-state index contributed by atoms with van der Waals surface area (Å²) in [5, 5.41) is 7.45. The number of aryl methyl sites for hydroxylation is 1. The lowest BCUT2D eigenvalue weighted by Gasteiger charge is -2.04. The molecule has 1 N–H and O–H groups in total. The summed E-state index contributed by atoms with van der Waals surface area (Å²) >= 11 is 0. The van der Waals surface area contributed by atoms with E-state index in [4.69, 9.17) is 0 Å². The first-order chi connectivity index (χ1) is 7.19.